The van der Waals surface area contributed by atoms with Crippen LogP contribution in [0.25, 0.3) is 4.96 Å². The largest absolute Gasteiger partial charge is 0.307 e. The van der Waals surface area contributed by atoms with Crippen LogP contribution < -0.4 is 5.32 Å². The summed E-state index contributed by atoms with van der Waals surface area (Å²) in [6, 6.07) is 0. The molecule has 2 N–H and O–H groups in total. The zero-order valence-corrected chi connectivity index (χ0v) is 11.2. The molecule has 0 aliphatic rings. The monoisotopic (exact) mass is 261 g/mol. The Balaban J connectivity index is 1.77. The molecule has 6 heteroatoms. The van der Waals surface area contributed by atoms with Gasteiger partial charge in [0.05, 0.1) is 17.6 Å². The fraction of sp³-hybridized carbons (Fsp3) is 0.333. The zero-order valence-electron chi connectivity index (χ0n) is 10.4. The average molecular weight is 261 g/mol. The van der Waals surface area contributed by atoms with Crippen LogP contribution in [-0.4, -0.2) is 19.6 Å². The molecule has 3 heterocycles. The molecule has 0 bridgehead atoms. The second kappa shape index (κ2) is 4.55. The maximum atomic E-state index is 4.57. The van der Waals surface area contributed by atoms with Crippen molar-refractivity contribution >= 4 is 16.3 Å². The topological polar surface area (TPSA) is 58.0 Å². The number of nitrogens with zero attached hydrogens (tertiary/aromatic N) is 3. The van der Waals surface area contributed by atoms with Gasteiger partial charge < -0.3 is 5.32 Å². The first-order valence-corrected chi connectivity index (χ1v) is 6.74. The molecule has 3 aromatic rings. The van der Waals surface area contributed by atoms with Crippen molar-refractivity contribution in [3.8, 4) is 0 Å². The number of hydrogen-bond acceptors (Lipinski definition) is 4. The van der Waals surface area contributed by atoms with Crippen molar-refractivity contribution in [2.24, 2.45) is 0 Å². The maximum absolute atomic E-state index is 4.57. The number of fused-ring (bicyclic) bond motifs is 1. The Morgan fingerprint density at radius 1 is 1.39 bits per heavy atom. The predicted octanol–water partition coefficient (Wildman–Crippen LogP) is 2.03. The van der Waals surface area contributed by atoms with Gasteiger partial charge in [0.15, 0.2) is 4.96 Å². The van der Waals surface area contributed by atoms with E-state index in [1.165, 1.54) is 11.4 Å². The van der Waals surface area contributed by atoms with E-state index in [2.05, 4.69) is 44.1 Å². The van der Waals surface area contributed by atoms with Crippen molar-refractivity contribution in [1.82, 2.24) is 24.9 Å². The number of hydrogen-bond donors (Lipinski definition) is 2. The quantitative estimate of drug-likeness (QED) is 0.755. The number of aromatic nitrogens is 4. The summed E-state index contributed by atoms with van der Waals surface area (Å²) in [5, 5.41) is 12.3. The highest BCUT2D eigenvalue weighted by Gasteiger charge is 2.11. The zero-order chi connectivity index (χ0) is 12.5. The van der Waals surface area contributed by atoms with Crippen LogP contribution in [-0.2, 0) is 13.1 Å². The van der Waals surface area contributed by atoms with Gasteiger partial charge in [-0.1, -0.05) is 0 Å². The van der Waals surface area contributed by atoms with Gasteiger partial charge in [-0.25, -0.2) is 4.98 Å². The lowest BCUT2D eigenvalue weighted by Gasteiger charge is -2.04. The summed E-state index contributed by atoms with van der Waals surface area (Å²) in [6.45, 7) is 5.81. The maximum Gasteiger partial charge on any atom is 0.194 e. The smallest absolute Gasteiger partial charge is 0.194 e. The molecule has 0 saturated heterocycles. The van der Waals surface area contributed by atoms with E-state index in [0.717, 1.165) is 29.3 Å². The van der Waals surface area contributed by atoms with Gasteiger partial charge in [0.2, 0.25) is 0 Å². The highest BCUT2D eigenvalue weighted by atomic mass is 32.1. The minimum Gasteiger partial charge on any atom is -0.307 e. The molecule has 5 nitrogen and oxygen atoms in total. The van der Waals surface area contributed by atoms with Crippen molar-refractivity contribution in [2.45, 2.75) is 26.9 Å². The van der Waals surface area contributed by atoms with Crippen LogP contribution in [0, 0.1) is 13.8 Å². The highest BCUT2D eigenvalue weighted by Crippen LogP contribution is 2.20. The van der Waals surface area contributed by atoms with Gasteiger partial charge >= 0.3 is 0 Å². The van der Waals surface area contributed by atoms with Crippen LogP contribution in [0.15, 0.2) is 17.8 Å². The fourth-order valence-electron chi connectivity index (χ4n) is 2.08. The fourth-order valence-corrected chi connectivity index (χ4v) is 3.01. The molecule has 0 atom stereocenters. The number of aromatic amines is 1. The first-order chi connectivity index (χ1) is 8.75. The Bertz CT molecular complexity index is 649. The summed E-state index contributed by atoms with van der Waals surface area (Å²) in [5.41, 5.74) is 4.75. The Kier molecular flexibility index (Phi) is 2.89. The van der Waals surface area contributed by atoms with Crippen LogP contribution in [0.1, 0.15) is 22.6 Å². The van der Waals surface area contributed by atoms with E-state index in [4.69, 9.17) is 0 Å². The number of imidazole rings is 1. The summed E-state index contributed by atoms with van der Waals surface area (Å²) in [6.07, 6.45) is 3.74. The van der Waals surface area contributed by atoms with E-state index in [-0.39, 0.29) is 0 Å². The van der Waals surface area contributed by atoms with Gasteiger partial charge in [-0.3, -0.25) is 9.50 Å². The molecular weight excluding hydrogens is 246 g/mol. The molecule has 0 unspecified atom stereocenters. The molecular formula is C12H15N5S. The van der Waals surface area contributed by atoms with Gasteiger partial charge in [-0.2, -0.15) is 5.10 Å². The van der Waals surface area contributed by atoms with E-state index in [1.807, 2.05) is 12.4 Å². The van der Waals surface area contributed by atoms with Crippen molar-refractivity contribution in [1.29, 1.82) is 0 Å². The minimum absolute atomic E-state index is 0.812. The number of aryl methyl sites for hydroxylation is 2. The summed E-state index contributed by atoms with van der Waals surface area (Å²) in [7, 11) is 0. The van der Waals surface area contributed by atoms with Crippen molar-refractivity contribution < 1.29 is 0 Å². The normalized spacial score (nSPS) is 11.4. The number of rotatable bonds is 4. The third kappa shape index (κ3) is 1.93. The summed E-state index contributed by atoms with van der Waals surface area (Å²) in [5.74, 6) is 0. The van der Waals surface area contributed by atoms with Gasteiger partial charge in [0, 0.05) is 35.9 Å². The number of nitrogens with one attached hydrogen (secondary N) is 2. The van der Waals surface area contributed by atoms with Crippen LogP contribution >= 0.6 is 11.3 Å². The van der Waals surface area contributed by atoms with Gasteiger partial charge in [-0.05, 0) is 13.8 Å². The lowest BCUT2D eigenvalue weighted by Crippen LogP contribution is -2.14. The summed E-state index contributed by atoms with van der Waals surface area (Å²) < 4.78 is 2.22. The molecule has 0 aromatic carbocycles. The van der Waals surface area contributed by atoms with Crippen LogP contribution in [0.3, 0.4) is 0 Å². The molecule has 0 saturated carbocycles. The molecule has 18 heavy (non-hydrogen) atoms. The molecule has 3 aromatic heterocycles. The SMILES string of the molecule is Cc1nc2scc(C)n2c1CNCc1cn[nH]c1. The van der Waals surface area contributed by atoms with E-state index >= 15 is 0 Å². The van der Waals surface area contributed by atoms with Crippen LogP contribution in [0.2, 0.25) is 0 Å². The van der Waals surface area contributed by atoms with E-state index in [9.17, 15) is 0 Å². The Hall–Kier alpha value is -1.66. The molecule has 0 aliphatic carbocycles. The van der Waals surface area contributed by atoms with Crippen molar-refractivity contribution in [3.63, 3.8) is 0 Å². The van der Waals surface area contributed by atoms with Crippen LogP contribution in [0.5, 0.6) is 0 Å². The molecule has 3 rings (SSSR count). The van der Waals surface area contributed by atoms with Gasteiger partial charge in [-0.15, -0.1) is 11.3 Å². The minimum atomic E-state index is 0.812. The average Bonchev–Trinajstić information content (AvgIpc) is 3.02. The molecule has 0 radical (unpaired) electrons. The van der Waals surface area contributed by atoms with E-state index in [0.29, 0.717) is 0 Å². The number of thiazole rings is 1. The van der Waals surface area contributed by atoms with Crippen molar-refractivity contribution in [2.75, 3.05) is 0 Å². The molecule has 0 amide bonds. The molecule has 0 aliphatic heterocycles. The van der Waals surface area contributed by atoms with E-state index in [1.54, 1.807) is 11.3 Å². The molecule has 0 fully saturated rings. The predicted molar refractivity (Wildman–Crippen MR) is 71.7 cm³/mol. The highest BCUT2D eigenvalue weighted by molar-refractivity contribution is 7.15. The Labute approximate surface area is 109 Å². The Morgan fingerprint density at radius 2 is 2.28 bits per heavy atom. The second-order valence-corrected chi connectivity index (χ2v) is 5.19. The second-order valence-electron chi connectivity index (χ2n) is 4.35. The lowest BCUT2D eigenvalue weighted by molar-refractivity contribution is 0.671. The first kappa shape index (κ1) is 11.4. The van der Waals surface area contributed by atoms with Gasteiger partial charge in [0.1, 0.15) is 0 Å². The standard InChI is InChI=1S/C12H15N5S/c1-8-7-18-12-16-9(2)11(17(8)12)6-13-3-10-4-14-15-5-10/h4-5,7,13H,3,6H2,1-2H3,(H,14,15). The summed E-state index contributed by atoms with van der Waals surface area (Å²) in [4.78, 5) is 5.65. The van der Waals surface area contributed by atoms with E-state index < -0.39 is 0 Å². The van der Waals surface area contributed by atoms with Crippen LogP contribution in [0.4, 0.5) is 0 Å². The lowest BCUT2D eigenvalue weighted by atomic mass is 10.3. The third-order valence-corrected chi connectivity index (χ3v) is 3.95. The first-order valence-electron chi connectivity index (χ1n) is 5.86. The summed E-state index contributed by atoms with van der Waals surface area (Å²) >= 11 is 1.69. The molecule has 94 valence electrons. The molecule has 0 spiro atoms. The van der Waals surface area contributed by atoms with Gasteiger partial charge in [0.25, 0.3) is 0 Å². The van der Waals surface area contributed by atoms with Crippen molar-refractivity contribution in [3.05, 3.63) is 40.4 Å². The third-order valence-electron chi connectivity index (χ3n) is 3.01. The number of H-pyrrole nitrogens is 1. The Morgan fingerprint density at radius 3 is 3.06 bits per heavy atom.